The van der Waals surface area contributed by atoms with Crippen LogP contribution in [0.1, 0.15) is 43.7 Å². The van der Waals surface area contributed by atoms with Crippen LogP contribution < -0.4 is 5.32 Å². The quantitative estimate of drug-likeness (QED) is 0.817. The molecule has 1 unspecified atom stereocenters. The van der Waals surface area contributed by atoms with E-state index in [0.717, 1.165) is 37.0 Å². The number of amides is 3. The Labute approximate surface area is 129 Å². The number of carboxylic acids is 1. The van der Waals surface area contributed by atoms with Crippen LogP contribution in [0.2, 0.25) is 0 Å². The van der Waals surface area contributed by atoms with Gasteiger partial charge in [-0.3, -0.25) is 9.69 Å². The maximum absolute atomic E-state index is 12.3. The first-order valence-corrected chi connectivity index (χ1v) is 7.45. The SMILES string of the molecule is O=CN(C(=O)NC(C(=O)O)c1ccccc1)C1CCCCC1. The summed E-state index contributed by atoms with van der Waals surface area (Å²) in [7, 11) is 0. The van der Waals surface area contributed by atoms with Crippen LogP contribution in [0.3, 0.4) is 0 Å². The zero-order chi connectivity index (χ0) is 15.9. The minimum absolute atomic E-state index is 0.142. The maximum atomic E-state index is 12.3. The molecule has 1 saturated carbocycles. The largest absolute Gasteiger partial charge is 0.479 e. The van der Waals surface area contributed by atoms with Crippen molar-refractivity contribution in [2.75, 3.05) is 0 Å². The Morgan fingerprint density at radius 1 is 1.18 bits per heavy atom. The standard InChI is InChI=1S/C16H20N2O4/c19-11-18(13-9-5-2-6-10-13)16(22)17-14(15(20)21)12-7-3-1-4-8-12/h1,3-4,7-8,11,13-14H,2,5-6,9-10H2,(H,17,22)(H,20,21). The van der Waals surface area contributed by atoms with Gasteiger partial charge in [-0.25, -0.2) is 9.59 Å². The predicted molar refractivity (Wildman–Crippen MR) is 80.1 cm³/mol. The molecule has 1 aromatic rings. The van der Waals surface area contributed by atoms with E-state index in [1.807, 2.05) is 0 Å². The Kier molecular flexibility index (Phi) is 5.52. The van der Waals surface area contributed by atoms with Crippen molar-refractivity contribution in [3.8, 4) is 0 Å². The highest BCUT2D eigenvalue weighted by molar-refractivity contribution is 5.89. The van der Waals surface area contributed by atoms with E-state index >= 15 is 0 Å². The van der Waals surface area contributed by atoms with Crippen LogP contribution in [0.4, 0.5) is 4.79 Å². The van der Waals surface area contributed by atoms with E-state index < -0.39 is 18.0 Å². The Hall–Kier alpha value is -2.37. The number of imide groups is 1. The number of nitrogens with one attached hydrogen (secondary N) is 1. The van der Waals surface area contributed by atoms with Crippen LogP contribution in [-0.2, 0) is 9.59 Å². The molecule has 0 spiro atoms. The van der Waals surface area contributed by atoms with Gasteiger partial charge < -0.3 is 10.4 Å². The molecule has 3 amide bonds. The van der Waals surface area contributed by atoms with Crippen LogP contribution in [-0.4, -0.2) is 34.5 Å². The first-order chi connectivity index (χ1) is 10.6. The Morgan fingerprint density at radius 2 is 1.82 bits per heavy atom. The van der Waals surface area contributed by atoms with Crippen LogP contribution >= 0.6 is 0 Å². The Bertz CT molecular complexity index is 526. The molecule has 0 radical (unpaired) electrons. The number of carbonyl (C=O) groups excluding carboxylic acids is 2. The summed E-state index contributed by atoms with van der Waals surface area (Å²) in [6.07, 6.45) is 5.10. The normalized spacial score (nSPS) is 16.5. The summed E-state index contributed by atoms with van der Waals surface area (Å²) in [5, 5.41) is 11.8. The van der Waals surface area contributed by atoms with Crippen LogP contribution in [0.5, 0.6) is 0 Å². The number of urea groups is 1. The minimum atomic E-state index is -1.17. The zero-order valence-corrected chi connectivity index (χ0v) is 12.3. The fraction of sp³-hybridized carbons (Fsp3) is 0.438. The molecule has 1 fully saturated rings. The number of hydrogen-bond acceptors (Lipinski definition) is 3. The molecular formula is C16H20N2O4. The summed E-state index contributed by atoms with van der Waals surface area (Å²) in [5.74, 6) is -1.16. The van der Waals surface area contributed by atoms with Gasteiger partial charge in [-0.05, 0) is 18.4 Å². The molecule has 0 aromatic heterocycles. The van der Waals surface area contributed by atoms with Gasteiger partial charge in [-0.15, -0.1) is 0 Å². The third kappa shape index (κ3) is 3.84. The smallest absolute Gasteiger partial charge is 0.330 e. The number of rotatable bonds is 5. The van der Waals surface area contributed by atoms with Crippen molar-refractivity contribution < 1.29 is 19.5 Å². The lowest BCUT2D eigenvalue weighted by atomic mass is 9.94. The van der Waals surface area contributed by atoms with Crippen molar-refractivity contribution in [2.24, 2.45) is 0 Å². The number of carboxylic acid groups (broad SMARTS) is 1. The molecule has 22 heavy (non-hydrogen) atoms. The van der Waals surface area contributed by atoms with Gasteiger partial charge in [0.1, 0.15) is 0 Å². The van der Waals surface area contributed by atoms with E-state index in [9.17, 15) is 19.5 Å². The van der Waals surface area contributed by atoms with Gasteiger partial charge in [0, 0.05) is 6.04 Å². The zero-order valence-electron chi connectivity index (χ0n) is 12.3. The van der Waals surface area contributed by atoms with Gasteiger partial charge in [0.15, 0.2) is 6.04 Å². The lowest BCUT2D eigenvalue weighted by molar-refractivity contribution is -0.139. The molecule has 0 heterocycles. The molecule has 118 valence electrons. The number of hydrogen-bond donors (Lipinski definition) is 2. The van der Waals surface area contributed by atoms with Gasteiger partial charge >= 0.3 is 12.0 Å². The van der Waals surface area contributed by atoms with Gasteiger partial charge in [-0.2, -0.15) is 0 Å². The van der Waals surface area contributed by atoms with E-state index in [0.29, 0.717) is 12.0 Å². The van der Waals surface area contributed by atoms with Crippen molar-refractivity contribution in [2.45, 2.75) is 44.2 Å². The van der Waals surface area contributed by atoms with Crippen LogP contribution in [0.15, 0.2) is 30.3 Å². The third-order valence-corrected chi connectivity index (χ3v) is 3.96. The lowest BCUT2D eigenvalue weighted by Crippen LogP contribution is -2.48. The summed E-state index contributed by atoms with van der Waals surface area (Å²) < 4.78 is 0. The van der Waals surface area contributed by atoms with Crippen molar-refractivity contribution in [3.05, 3.63) is 35.9 Å². The molecule has 0 saturated heterocycles. The second-order valence-electron chi connectivity index (χ2n) is 5.44. The number of carbonyl (C=O) groups is 3. The fourth-order valence-electron chi connectivity index (χ4n) is 2.79. The first kappa shape index (κ1) is 16.0. The molecule has 1 aromatic carbocycles. The highest BCUT2D eigenvalue weighted by Crippen LogP contribution is 2.22. The topological polar surface area (TPSA) is 86.7 Å². The Balaban J connectivity index is 2.09. The molecule has 1 aliphatic carbocycles. The highest BCUT2D eigenvalue weighted by Gasteiger charge is 2.29. The third-order valence-electron chi connectivity index (χ3n) is 3.96. The molecule has 1 atom stereocenters. The molecular weight excluding hydrogens is 284 g/mol. The van der Waals surface area contributed by atoms with E-state index in [1.54, 1.807) is 30.3 Å². The van der Waals surface area contributed by atoms with E-state index in [-0.39, 0.29) is 6.04 Å². The van der Waals surface area contributed by atoms with Crippen LogP contribution in [0.25, 0.3) is 0 Å². The van der Waals surface area contributed by atoms with Gasteiger partial charge in [0.25, 0.3) is 0 Å². The van der Waals surface area contributed by atoms with Crippen molar-refractivity contribution in [3.63, 3.8) is 0 Å². The van der Waals surface area contributed by atoms with E-state index in [2.05, 4.69) is 5.32 Å². The maximum Gasteiger partial charge on any atom is 0.330 e. The average Bonchev–Trinajstić information content (AvgIpc) is 2.55. The van der Waals surface area contributed by atoms with Crippen molar-refractivity contribution in [1.29, 1.82) is 0 Å². The van der Waals surface area contributed by atoms with Crippen LogP contribution in [0, 0.1) is 0 Å². The summed E-state index contributed by atoms with van der Waals surface area (Å²) in [4.78, 5) is 36.0. The number of aliphatic carboxylic acids is 1. The van der Waals surface area contributed by atoms with Crippen molar-refractivity contribution >= 4 is 18.4 Å². The van der Waals surface area contributed by atoms with Crippen molar-refractivity contribution in [1.82, 2.24) is 10.2 Å². The highest BCUT2D eigenvalue weighted by atomic mass is 16.4. The molecule has 0 aliphatic heterocycles. The second-order valence-corrected chi connectivity index (χ2v) is 5.44. The number of benzene rings is 1. The van der Waals surface area contributed by atoms with Gasteiger partial charge in [0.2, 0.25) is 6.41 Å². The Morgan fingerprint density at radius 3 is 2.36 bits per heavy atom. The molecule has 6 heteroatoms. The summed E-state index contributed by atoms with van der Waals surface area (Å²) in [6.45, 7) is 0. The molecule has 2 rings (SSSR count). The number of nitrogens with zero attached hydrogens (tertiary/aromatic N) is 1. The monoisotopic (exact) mass is 304 g/mol. The first-order valence-electron chi connectivity index (χ1n) is 7.45. The van der Waals surface area contributed by atoms with E-state index in [1.165, 1.54) is 0 Å². The molecule has 2 N–H and O–H groups in total. The molecule has 6 nitrogen and oxygen atoms in total. The van der Waals surface area contributed by atoms with E-state index in [4.69, 9.17) is 0 Å². The summed E-state index contributed by atoms with van der Waals surface area (Å²) in [5.41, 5.74) is 0.470. The minimum Gasteiger partial charge on any atom is -0.479 e. The molecule has 1 aliphatic rings. The van der Waals surface area contributed by atoms with Gasteiger partial charge in [0.05, 0.1) is 0 Å². The fourth-order valence-corrected chi connectivity index (χ4v) is 2.79. The lowest BCUT2D eigenvalue weighted by Gasteiger charge is -2.30. The second kappa shape index (κ2) is 7.59. The average molecular weight is 304 g/mol. The van der Waals surface area contributed by atoms with Gasteiger partial charge in [-0.1, -0.05) is 49.6 Å². The summed E-state index contributed by atoms with van der Waals surface area (Å²) >= 11 is 0. The predicted octanol–water partition coefficient (Wildman–Crippen LogP) is 2.31. The summed E-state index contributed by atoms with van der Waals surface area (Å²) in [6, 6.07) is 6.47. The molecule has 0 bridgehead atoms.